The number of hydrogen-bond donors (Lipinski definition) is 1. The molecule has 1 N–H and O–H groups in total. The molecule has 0 saturated carbocycles. The van der Waals surface area contributed by atoms with Crippen molar-refractivity contribution in [2.75, 3.05) is 18.5 Å². The zero-order valence-electron chi connectivity index (χ0n) is 9.07. The number of likely N-dealkylation sites (N-methyl/N-ethyl adjacent to an activating group) is 1. The van der Waals surface area contributed by atoms with Crippen LogP contribution in [0.5, 0.6) is 0 Å². The lowest BCUT2D eigenvalue weighted by molar-refractivity contribution is 0.199. The van der Waals surface area contributed by atoms with Gasteiger partial charge >= 0.3 is 0 Å². The summed E-state index contributed by atoms with van der Waals surface area (Å²) < 4.78 is 13.0. The molecule has 0 aliphatic heterocycles. The van der Waals surface area contributed by atoms with E-state index in [0.29, 0.717) is 12.1 Å². The van der Waals surface area contributed by atoms with Gasteiger partial charge in [0.1, 0.15) is 5.82 Å². The Labute approximate surface area is 89.7 Å². The number of halogens is 1. The van der Waals surface area contributed by atoms with Crippen LogP contribution in [0.15, 0.2) is 30.9 Å². The summed E-state index contributed by atoms with van der Waals surface area (Å²) in [6.45, 7) is 5.92. The van der Waals surface area contributed by atoms with E-state index in [2.05, 4.69) is 6.58 Å². The van der Waals surface area contributed by atoms with Crippen LogP contribution in [0.1, 0.15) is 18.6 Å². The largest absolute Gasteiger partial charge is 0.389 e. The third kappa shape index (κ3) is 2.80. The third-order valence-corrected chi connectivity index (χ3v) is 2.25. The molecule has 0 amide bonds. The minimum Gasteiger partial charge on any atom is -0.389 e. The van der Waals surface area contributed by atoms with Crippen molar-refractivity contribution in [3.8, 4) is 0 Å². The molecular formula is C12H16FNO. The molecule has 2 nitrogen and oxygen atoms in total. The maximum atomic E-state index is 13.0. The fraction of sp³-hybridized carbons (Fsp3) is 0.333. The van der Waals surface area contributed by atoms with E-state index in [4.69, 9.17) is 0 Å². The van der Waals surface area contributed by atoms with Crippen molar-refractivity contribution in [2.24, 2.45) is 0 Å². The summed E-state index contributed by atoms with van der Waals surface area (Å²) >= 11 is 0. The molecule has 1 aromatic carbocycles. The number of rotatable bonds is 4. The van der Waals surface area contributed by atoms with Crippen LogP contribution >= 0.6 is 0 Å². The number of aliphatic hydroxyl groups excluding tert-OH is 1. The highest BCUT2D eigenvalue weighted by atomic mass is 19.1. The highest BCUT2D eigenvalue weighted by Gasteiger charge is 2.11. The molecule has 0 aliphatic rings. The molecule has 0 aliphatic carbocycles. The second-order valence-electron chi connectivity index (χ2n) is 3.55. The SMILES string of the molecule is C=CCN(C)c1ccc(F)cc1C(C)O. The second-order valence-corrected chi connectivity index (χ2v) is 3.55. The number of aliphatic hydroxyl groups is 1. The average Bonchev–Trinajstić information content (AvgIpc) is 2.17. The third-order valence-electron chi connectivity index (χ3n) is 2.25. The predicted octanol–water partition coefficient (Wildman–Crippen LogP) is 2.50. The van der Waals surface area contributed by atoms with Crippen LogP contribution in [0.3, 0.4) is 0 Å². The van der Waals surface area contributed by atoms with Gasteiger partial charge in [-0.15, -0.1) is 6.58 Å². The van der Waals surface area contributed by atoms with Crippen molar-refractivity contribution in [2.45, 2.75) is 13.0 Å². The fourth-order valence-corrected chi connectivity index (χ4v) is 1.50. The molecule has 0 aromatic heterocycles. The van der Waals surface area contributed by atoms with Crippen LogP contribution in [-0.4, -0.2) is 18.7 Å². The molecule has 3 heteroatoms. The molecule has 0 spiro atoms. The van der Waals surface area contributed by atoms with E-state index in [0.717, 1.165) is 5.69 Å². The Balaban J connectivity index is 3.10. The predicted molar refractivity (Wildman–Crippen MR) is 60.5 cm³/mol. The number of nitrogens with zero attached hydrogens (tertiary/aromatic N) is 1. The van der Waals surface area contributed by atoms with Crippen molar-refractivity contribution in [1.29, 1.82) is 0 Å². The summed E-state index contributed by atoms with van der Waals surface area (Å²) in [5, 5.41) is 9.53. The fourth-order valence-electron chi connectivity index (χ4n) is 1.50. The molecule has 1 atom stereocenters. The van der Waals surface area contributed by atoms with Crippen LogP contribution in [0.2, 0.25) is 0 Å². The molecular weight excluding hydrogens is 193 g/mol. The van der Waals surface area contributed by atoms with Gasteiger partial charge in [-0.1, -0.05) is 6.08 Å². The highest BCUT2D eigenvalue weighted by Crippen LogP contribution is 2.26. The van der Waals surface area contributed by atoms with Crippen LogP contribution < -0.4 is 4.90 Å². The van der Waals surface area contributed by atoms with Crippen molar-refractivity contribution < 1.29 is 9.50 Å². The lowest BCUT2D eigenvalue weighted by Crippen LogP contribution is -2.19. The van der Waals surface area contributed by atoms with Gasteiger partial charge in [0.25, 0.3) is 0 Å². The van der Waals surface area contributed by atoms with Gasteiger partial charge in [-0.2, -0.15) is 0 Å². The quantitative estimate of drug-likeness (QED) is 0.770. The second kappa shape index (κ2) is 4.94. The molecule has 0 bridgehead atoms. The van der Waals surface area contributed by atoms with E-state index in [1.165, 1.54) is 12.1 Å². The number of anilines is 1. The minimum absolute atomic E-state index is 0.332. The van der Waals surface area contributed by atoms with Gasteiger partial charge in [0.2, 0.25) is 0 Å². The zero-order valence-corrected chi connectivity index (χ0v) is 9.07. The average molecular weight is 209 g/mol. The van der Waals surface area contributed by atoms with Crippen molar-refractivity contribution in [3.63, 3.8) is 0 Å². The van der Waals surface area contributed by atoms with Gasteiger partial charge in [0, 0.05) is 24.8 Å². The minimum atomic E-state index is -0.678. The molecule has 0 fully saturated rings. The van der Waals surface area contributed by atoms with E-state index in [1.54, 1.807) is 19.1 Å². The van der Waals surface area contributed by atoms with Crippen LogP contribution in [0.25, 0.3) is 0 Å². The van der Waals surface area contributed by atoms with Gasteiger partial charge in [-0.05, 0) is 25.1 Å². The first-order valence-electron chi connectivity index (χ1n) is 4.85. The van der Waals surface area contributed by atoms with E-state index in [9.17, 15) is 9.50 Å². The molecule has 1 rings (SSSR count). The summed E-state index contributed by atoms with van der Waals surface area (Å²) in [5.41, 5.74) is 1.42. The number of hydrogen-bond acceptors (Lipinski definition) is 2. The summed E-state index contributed by atoms with van der Waals surface area (Å²) in [7, 11) is 1.88. The Morgan fingerprint density at radius 2 is 2.27 bits per heavy atom. The van der Waals surface area contributed by atoms with Crippen molar-refractivity contribution in [3.05, 3.63) is 42.2 Å². The molecule has 0 saturated heterocycles. The summed E-state index contributed by atoms with van der Waals surface area (Å²) in [6.07, 6.45) is 1.08. The van der Waals surface area contributed by atoms with E-state index in [1.807, 2.05) is 11.9 Å². The smallest absolute Gasteiger partial charge is 0.123 e. The Kier molecular flexibility index (Phi) is 3.86. The lowest BCUT2D eigenvalue weighted by atomic mass is 10.1. The number of benzene rings is 1. The molecule has 1 aromatic rings. The normalized spacial score (nSPS) is 12.3. The van der Waals surface area contributed by atoms with Gasteiger partial charge in [0.05, 0.1) is 6.10 Å². The first kappa shape index (κ1) is 11.7. The molecule has 82 valence electrons. The van der Waals surface area contributed by atoms with Gasteiger partial charge in [-0.25, -0.2) is 4.39 Å². The molecule has 0 heterocycles. The summed E-state index contributed by atoms with van der Waals surface area (Å²) in [4.78, 5) is 1.91. The topological polar surface area (TPSA) is 23.5 Å². The highest BCUT2D eigenvalue weighted by molar-refractivity contribution is 5.54. The Hall–Kier alpha value is -1.35. The van der Waals surface area contributed by atoms with Crippen molar-refractivity contribution >= 4 is 5.69 Å². The van der Waals surface area contributed by atoms with Crippen LogP contribution in [0, 0.1) is 5.82 Å². The van der Waals surface area contributed by atoms with E-state index >= 15 is 0 Å². The molecule has 1 unspecified atom stereocenters. The lowest BCUT2D eigenvalue weighted by Gasteiger charge is -2.22. The van der Waals surface area contributed by atoms with Gasteiger partial charge in [0.15, 0.2) is 0 Å². The zero-order chi connectivity index (χ0) is 11.4. The Morgan fingerprint density at radius 1 is 1.60 bits per heavy atom. The molecule has 0 radical (unpaired) electrons. The van der Waals surface area contributed by atoms with Gasteiger partial charge < -0.3 is 10.0 Å². The standard InChI is InChI=1S/C12H16FNO/c1-4-7-14(3)12-6-5-10(13)8-11(12)9(2)15/h4-6,8-9,15H,1,7H2,2-3H3. The Morgan fingerprint density at radius 3 is 2.80 bits per heavy atom. The van der Waals surface area contributed by atoms with Crippen LogP contribution in [0.4, 0.5) is 10.1 Å². The Bertz CT molecular complexity index is 349. The van der Waals surface area contributed by atoms with Crippen molar-refractivity contribution in [1.82, 2.24) is 0 Å². The van der Waals surface area contributed by atoms with Gasteiger partial charge in [-0.3, -0.25) is 0 Å². The first-order chi connectivity index (χ1) is 7.06. The van der Waals surface area contributed by atoms with Crippen LogP contribution in [-0.2, 0) is 0 Å². The maximum Gasteiger partial charge on any atom is 0.123 e. The summed E-state index contributed by atoms with van der Waals surface area (Å²) in [6, 6.07) is 4.42. The van der Waals surface area contributed by atoms with E-state index < -0.39 is 6.10 Å². The van der Waals surface area contributed by atoms with E-state index in [-0.39, 0.29) is 5.82 Å². The first-order valence-corrected chi connectivity index (χ1v) is 4.85. The summed E-state index contributed by atoms with van der Waals surface area (Å²) in [5.74, 6) is -0.332. The monoisotopic (exact) mass is 209 g/mol. The molecule has 15 heavy (non-hydrogen) atoms. The maximum absolute atomic E-state index is 13.0.